The third kappa shape index (κ3) is 9.40. The van der Waals surface area contributed by atoms with E-state index in [0.717, 1.165) is 31.1 Å². The number of aromatic nitrogens is 1. The van der Waals surface area contributed by atoms with Gasteiger partial charge in [0, 0.05) is 62.1 Å². The van der Waals surface area contributed by atoms with Crippen LogP contribution in [0.2, 0.25) is 0 Å². The normalized spacial score (nSPS) is 16.0. The SMILES string of the molecule is CC1(C)OB(c2ccc(NC(=O)NCCCCCCNC(=O)Nc3cccc4c(C(=O)C(=O)N5CCN(C(=O)c6ccccc6)CC5)c[nH]c34)cc2)OC1(C)C. The van der Waals surface area contributed by atoms with E-state index in [1.54, 1.807) is 47.4 Å². The van der Waals surface area contributed by atoms with Crippen LogP contribution in [0.25, 0.3) is 10.9 Å². The van der Waals surface area contributed by atoms with Gasteiger partial charge in [-0.3, -0.25) is 14.4 Å². The Morgan fingerprint density at radius 2 is 1.29 bits per heavy atom. The minimum Gasteiger partial charge on any atom is -0.399 e. The van der Waals surface area contributed by atoms with Crippen molar-refractivity contribution in [1.29, 1.82) is 0 Å². The first-order valence-corrected chi connectivity index (χ1v) is 19.2. The van der Waals surface area contributed by atoms with E-state index >= 15 is 0 Å². The molecular weight excluding hydrogens is 713 g/mol. The molecule has 56 heavy (non-hydrogen) atoms. The van der Waals surface area contributed by atoms with Gasteiger partial charge in [0.05, 0.1) is 28.0 Å². The van der Waals surface area contributed by atoms with Crippen LogP contribution in [0, 0.1) is 0 Å². The number of H-pyrrole nitrogens is 1. The van der Waals surface area contributed by atoms with E-state index in [1.807, 2.05) is 58.0 Å². The van der Waals surface area contributed by atoms with Crippen molar-refractivity contribution in [2.24, 2.45) is 0 Å². The number of rotatable bonds is 13. The van der Waals surface area contributed by atoms with E-state index in [0.29, 0.717) is 54.0 Å². The first-order chi connectivity index (χ1) is 26.8. The molecule has 4 aromatic rings. The van der Waals surface area contributed by atoms with Gasteiger partial charge >= 0.3 is 19.2 Å². The van der Waals surface area contributed by atoms with Crippen molar-refractivity contribution < 1.29 is 33.3 Å². The van der Waals surface area contributed by atoms with Crippen molar-refractivity contribution in [2.75, 3.05) is 49.9 Å². The monoisotopic (exact) mass is 763 g/mol. The quantitative estimate of drug-likeness (QED) is 0.0543. The van der Waals surface area contributed by atoms with Crippen molar-refractivity contribution in [1.82, 2.24) is 25.4 Å². The summed E-state index contributed by atoms with van der Waals surface area (Å²) >= 11 is 0. The summed E-state index contributed by atoms with van der Waals surface area (Å²) in [5.41, 5.74) is 2.53. The highest BCUT2D eigenvalue weighted by Gasteiger charge is 2.51. The number of carbonyl (C=O) groups is 5. The minimum absolute atomic E-state index is 0.101. The van der Waals surface area contributed by atoms with Crippen molar-refractivity contribution >= 4 is 64.5 Å². The van der Waals surface area contributed by atoms with Crippen LogP contribution < -0.4 is 26.7 Å². The molecule has 0 atom stereocenters. The molecule has 15 heteroatoms. The number of Topliss-reactive ketones (excluding diaryl/α,β-unsaturated/α-hetero) is 1. The zero-order valence-corrected chi connectivity index (χ0v) is 32.4. The minimum atomic E-state index is -0.652. The van der Waals surface area contributed by atoms with Gasteiger partial charge in [-0.1, -0.05) is 55.3 Å². The average Bonchev–Trinajstić information content (AvgIpc) is 3.72. The molecule has 2 fully saturated rings. The molecule has 0 spiro atoms. The van der Waals surface area contributed by atoms with E-state index in [4.69, 9.17) is 9.31 Å². The lowest BCUT2D eigenvalue weighted by Crippen LogP contribution is -2.52. The summed E-state index contributed by atoms with van der Waals surface area (Å²) in [6.07, 6.45) is 4.79. The second kappa shape index (κ2) is 17.4. The molecular formula is C41H50BN7O7. The van der Waals surface area contributed by atoms with E-state index in [1.165, 1.54) is 11.1 Å². The Balaban J connectivity index is 0.863. The van der Waals surface area contributed by atoms with Gasteiger partial charge in [0.1, 0.15) is 0 Å². The number of benzene rings is 3. The molecule has 294 valence electrons. The van der Waals surface area contributed by atoms with Gasteiger partial charge in [-0.2, -0.15) is 0 Å². The topological polar surface area (TPSA) is 174 Å². The maximum Gasteiger partial charge on any atom is 0.494 e. The Labute approximate surface area is 327 Å². The maximum absolute atomic E-state index is 13.3. The highest BCUT2D eigenvalue weighted by molar-refractivity contribution is 6.62. The number of nitrogens with zero attached hydrogens (tertiary/aromatic N) is 2. The van der Waals surface area contributed by atoms with Crippen molar-refractivity contribution in [2.45, 2.75) is 64.6 Å². The number of unbranched alkanes of at least 4 members (excludes halogenated alkanes) is 3. The van der Waals surface area contributed by atoms with Gasteiger partial charge in [0.15, 0.2) is 0 Å². The van der Waals surface area contributed by atoms with E-state index in [9.17, 15) is 24.0 Å². The number of fused-ring (bicyclic) bond motifs is 1. The molecule has 6 amide bonds. The average molecular weight is 764 g/mol. The Morgan fingerprint density at radius 1 is 0.696 bits per heavy atom. The third-order valence-electron chi connectivity index (χ3n) is 10.6. The van der Waals surface area contributed by atoms with Crippen molar-refractivity contribution in [3.05, 3.63) is 90.1 Å². The van der Waals surface area contributed by atoms with Gasteiger partial charge in [0.25, 0.3) is 17.6 Å². The molecule has 6 rings (SSSR count). The highest BCUT2D eigenvalue weighted by atomic mass is 16.7. The largest absolute Gasteiger partial charge is 0.494 e. The first kappa shape index (κ1) is 40.0. The van der Waals surface area contributed by atoms with E-state index in [-0.39, 0.29) is 36.6 Å². The molecule has 1 aromatic heterocycles. The number of piperazine rings is 1. The van der Waals surface area contributed by atoms with E-state index in [2.05, 4.69) is 26.3 Å². The fraction of sp³-hybridized carbons (Fsp3) is 0.390. The molecule has 3 heterocycles. The third-order valence-corrected chi connectivity index (χ3v) is 10.6. The van der Waals surface area contributed by atoms with Crippen LogP contribution in [0.15, 0.2) is 79.0 Å². The lowest BCUT2D eigenvalue weighted by molar-refractivity contribution is -0.127. The number of carbonyl (C=O) groups excluding carboxylic acids is 5. The number of anilines is 2. The van der Waals surface area contributed by atoms with E-state index < -0.39 is 30.0 Å². The van der Waals surface area contributed by atoms with Crippen LogP contribution in [0.5, 0.6) is 0 Å². The lowest BCUT2D eigenvalue weighted by atomic mass is 9.79. The predicted octanol–water partition coefficient (Wildman–Crippen LogP) is 5.14. The second-order valence-electron chi connectivity index (χ2n) is 15.1. The standard InChI is InChI=1S/C41H50BN7O7/c1-40(2)41(3,4)56-42(55-40)29-17-19-30(20-18-29)46-38(53)43-21-10-5-6-11-22-44-39(54)47-33-16-12-15-31-32(27-45-34(31)33)35(50)37(52)49-25-23-48(24-26-49)36(51)28-13-8-7-9-14-28/h7-9,12-20,27,45H,5-6,10-11,21-26H2,1-4H3,(H2,43,46,53)(H2,44,47,54). The number of nitrogens with one attached hydrogen (secondary N) is 5. The van der Waals surface area contributed by atoms with Crippen LogP contribution in [-0.4, -0.2) is 102 Å². The Bertz CT molecular complexity index is 2030. The van der Waals surface area contributed by atoms with Crippen LogP contribution in [0.4, 0.5) is 21.0 Å². The maximum atomic E-state index is 13.3. The molecule has 3 aromatic carbocycles. The number of hydrogen-bond acceptors (Lipinski definition) is 7. The molecule has 2 aliphatic rings. The predicted molar refractivity (Wildman–Crippen MR) is 216 cm³/mol. The summed E-state index contributed by atoms with van der Waals surface area (Å²) < 4.78 is 12.2. The number of para-hydroxylation sites is 1. The van der Waals surface area contributed by atoms with Crippen LogP contribution >= 0.6 is 0 Å². The summed E-state index contributed by atoms with van der Waals surface area (Å²) in [5.74, 6) is -1.38. The molecule has 14 nitrogen and oxygen atoms in total. The molecule has 2 aliphatic heterocycles. The fourth-order valence-electron chi connectivity index (χ4n) is 6.63. The fourth-order valence-corrected chi connectivity index (χ4v) is 6.63. The summed E-state index contributed by atoms with van der Waals surface area (Å²) in [6.45, 7) is 10.2. The second-order valence-corrected chi connectivity index (χ2v) is 15.1. The van der Waals surface area contributed by atoms with Gasteiger partial charge in [-0.05, 0) is 76.3 Å². The van der Waals surface area contributed by atoms with Crippen LogP contribution in [0.1, 0.15) is 74.1 Å². The Kier molecular flexibility index (Phi) is 12.4. The van der Waals surface area contributed by atoms with Crippen LogP contribution in [0.3, 0.4) is 0 Å². The number of aromatic amines is 1. The van der Waals surface area contributed by atoms with Crippen molar-refractivity contribution in [3.8, 4) is 0 Å². The zero-order chi connectivity index (χ0) is 39.9. The molecule has 0 bridgehead atoms. The molecule has 0 unspecified atom stereocenters. The number of urea groups is 2. The molecule has 5 N–H and O–H groups in total. The van der Waals surface area contributed by atoms with Crippen LogP contribution in [-0.2, 0) is 14.1 Å². The number of amides is 6. The van der Waals surface area contributed by atoms with Gasteiger partial charge in [0.2, 0.25) is 0 Å². The Hall–Kier alpha value is -5.67. The van der Waals surface area contributed by atoms with Gasteiger partial charge < -0.3 is 45.4 Å². The zero-order valence-electron chi connectivity index (χ0n) is 32.4. The lowest BCUT2D eigenvalue weighted by Gasteiger charge is -2.34. The van der Waals surface area contributed by atoms with Gasteiger partial charge in [-0.25, -0.2) is 9.59 Å². The van der Waals surface area contributed by atoms with Gasteiger partial charge in [-0.15, -0.1) is 0 Å². The number of ketones is 1. The van der Waals surface area contributed by atoms with Crippen molar-refractivity contribution in [3.63, 3.8) is 0 Å². The first-order valence-electron chi connectivity index (χ1n) is 19.2. The highest BCUT2D eigenvalue weighted by Crippen LogP contribution is 2.36. The summed E-state index contributed by atoms with van der Waals surface area (Å²) in [6, 6.07) is 20.9. The summed E-state index contributed by atoms with van der Waals surface area (Å²) in [7, 11) is -0.460. The molecule has 2 saturated heterocycles. The molecule has 0 saturated carbocycles. The molecule has 0 aliphatic carbocycles. The number of hydrogen-bond donors (Lipinski definition) is 5. The molecule has 0 radical (unpaired) electrons. The summed E-state index contributed by atoms with van der Waals surface area (Å²) in [4.78, 5) is 70.6. The summed E-state index contributed by atoms with van der Waals surface area (Å²) in [5, 5.41) is 11.9. The smallest absolute Gasteiger partial charge is 0.399 e. The Morgan fingerprint density at radius 3 is 1.91 bits per heavy atom.